The van der Waals surface area contributed by atoms with Crippen LogP contribution in [0.2, 0.25) is 0 Å². The summed E-state index contributed by atoms with van der Waals surface area (Å²) in [6.45, 7) is 6.78. The van der Waals surface area contributed by atoms with E-state index >= 15 is 0 Å². The molecule has 0 saturated heterocycles. The summed E-state index contributed by atoms with van der Waals surface area (Å²) >= 11 is 0. The van der Waals surface area contributed by atoms with E-state index in [1.165, 1.54) is 5.56 Å². The summed E-state index contributed by atoms with van der Waals surface area (Å²) in [7, 11) is 0. The van der Waals surface area contributed by atoms with Gasteiger partial charge >= 0.3 is 0 Å². The number of ether oxygens (including phenoxy) is 2. The van der Waals surface area contributed by atoms with Crippen molar-refractivity contribution in [3.8, 4) is 11.5 Å². The van der Waals surface area contributed by atoms with Gasteiger partial charge in [0, 0.05) is 0 Å². The van der Waals surface area contributed by atoms with Crippen LogP contribution in [0.1, 0.15) is 42.9 Å². The smallest absolute Gasteiger partial charge is 0.262 e. The second-order valence-electron chi connectivity index (χ2n) is 7.97. The molecule has 0 unspecified atom stereocenters. The van der Waals surface area contributed by atoms with Crippen molar-refractivity contribution in [1.82, 2.24) is 0 Å². The van der Waals surface area contributed by atoms with Crippen LogP contribution in [0.5, 0.6) is 11.5 Å². The van der Waals surface area contributed by atoms with E-state index in [1.54, 1.807) is 0 Å². The number of rotatable bonds is 10. The van der Waals surface area contributed by atoms with E-state index in [0.29, 0.717) is 24.0 Å². The highest BCUT2D eigenvalue weighted by Gasteiger charge is 2.12. The zero-order valence-electron chi connectivity index (χ0n) is 18.6. The van der Waals surface area contributed by atoms with Crippen LogP contribution in [0.4, 0.5) is 5.69 Å². The summed E-state index contributed by atoms with van der Waals surface area (Å²) in [5.74, 6) is 1.54. The Hall–Kier alpha value is -3.27. The van der Waals surface area contributed by atoms with Gasteiger partial charge in [-0.3, -0.25) is 4.79 Å². The van der Waals surface area contributed by atoms with Crippen molar-refractivity contribution in [3.05, 3.63) is 89.5 Å². The Morgan fingerprint density at radius 2 is 1.65 bits per heavy atom. The van der Waals surface area contributed by atoms with Gasteiger partial charge in [-0.1, -0.05) is 68.4 Å². The Bertz CT molecular complexity index is 983. The summed E-state index contributed by atoms with van der Waals surface area (Å²) in [5.41, 5.74) is 4.15. The third-order valence-electron chi connectivity index (χ3n) is 5.02. The SMILES string of the molecule is Cc1ccc(C(C)C)c(OCC(=O)Nc2ccccc2OCCCc2ccccc2)c1. The number of para-hydroxylation sites is 2. The second kappa shape index (κ2) is 11.2. The van der Waals surface area contributed by atoms with Crippen molar-refractivity contribution in [2.45, 2.75) is 39.5 Å². The van der Waals surface area contributed by atoms with E-state index in [1.807, 2.05) is 55.5 Å². The van der Waals surface area contributed by atoms with Crippen molar-refractivity contribution >= 4 is 11.6 Å². The molecule has 3 rings (SSSR count). The molecular weight excluding hydrogens is 386 g/mol. The lowest BCUT2D eigenvalue weighted by Gasteiger charge is -2.16. The average molecular weight is 418 g/mol. The van der Waals surface area contributed by atoms with E-state index in [-0.39, 0.29) is 12.5 Å². The molecule has 4 nitrogen and oxygen atoms in total. The number of carbonyl (C=O) groups excluding carboxylic acids is 1. The first-order valence-electron chi connectivity index (χ1n) is 10.8. The summed E-state index contributed by atoms with van der Waals surface area (Å²) in [6, 6.07) is 23.9. The van der Waals surface area contributed by atoms with E-state index in [9.17, 15) is 4.79 Å². The largest absolute Gasteiger partial charge is 0.491 e. The maximum atomic E-state index is 12.5. The van der Waals surface area contributed by atoms with E-state index in [0.717, 1.165) is 29.7 Å². The number of amides is 1. The Balaban J connectivity index is 1.53. The normalized spacial score (nSPS) is 10.7. The molecule has 1 N–H and O–H groups in total. The number of nitrogens with one attached hydrogen (secondary N) is 1. The van der Waals surface area contributed by atoms with Crippen LogP contribution >= 0.6 is 0 Å². The van der Waals surface area contributed by atoms with Gasteiger partial charge < -0.3 is 14.8 Å². The standard InChI is InChI=1S/C27H31NO3/c1-20(2)23-16-15-21(3)18-26(23)31-19-27(29)28-24-13-7-8-14-25(24)30-17-9-12-22-10-5-4-6-11-22/h4-8,10-11,13-16,18,20H,9,12,17,19H2,1-3H3,(H,28,29). The first kappa shape index (κ1) is 22.4. The Morgan fingerprint density at radius 1 is 0.903 bits per heavy atom. The van der Waals surface area contributed by atoms with Crippen molar-refractivity contribution in [2.75, 3.05) is 18.5 Å². The minimum absolute atomic E-state index is 0.0501. The minimum Gasteiger partial charge on any atom is -0.491 e. The van der Waals surface area contributed by atoms with E-state index in [4.69, 9.17) is 9.47 Å². The first-order chi connectivity index (χ1) is 15.0. The quantitative estimate of drug-likeness (QED) is 0.403. The molecule has 0 fully saturated rings. The number of carbonyl (C=O) groups is 1. The third kappa shape index (κ3) is 6.88. The van der Waals surface area contributed by atoms with Gasteiger partial charge in [-0.2, -0.15) is 0 Å². The molecule has 162 valence electrons. The van der Waals surface area contributed by atoms with Gasteiger partial charge in [0.2, 0.25) is 0 Å². The Labute approximate surface area is 185 Å². The molecule has 0 radical (unpaired) electrons. The van der Waals surface area contributed by atoms with Crippen molar-refractivity contribution in [1.29, 1.82) is 0 Å². The molecule has 0 atom stereocenters. The molecule has 0 aliphatic rings. The molecule has 0 bridgehead atoms. The van der Waals surface area contributed by atoms with Gasteiger partial charge in [0.15, 0.2) is 6.61 Å². The second-order valence-corrected chi connectivity index (χ2v) is 7.97. The number of hydrogen-bond donors (Lipinski definition) is 1. The molecule has 0 saturated carbocycles. The molecule has 1 amide bonds. The Kier molecular flexibility index (Phi) is 8.11. The molecule has 3 aromatic rings. The molecular formula is C27H31NO3. The van der Waals surface area contributed by atoms with Gasteiger partial charge in [-0.15, -0.1) is 0 Å². The van der Waals surface area contributed by atoms with Gasteiger partial charge in [-0.05, 0) is 60.6 Å². The fraction of sp³-hybridized carbons (Fsp3) is 0.296. The van der Waals surface area contributed by atoms with E-state index < -0.39 is 0 Å². The number of anilines is 1. The minimum atomic E-state index is -0.212. The Morgan fingerprint density at radius 3 is 2.42 bits per heavy atom. The maximum Gasteiger partial charge on any atom is 0.262 e. The van der Waals surface area contributed by atoms with Crippen LogP contribution in [-0.4, -0.2) is 19.1 Å². The fourth-order valence-electron chi connectivity index (χ4n) is 3.37. The van der Waals surface area contributed by atoms with E-state index in [2.05, 4.69) is 43.4 Å². The van der Waals surface area contributed by atoms with Crippen molar-refractivity contribution in [3.63, 3.8) is 0 Å². The predicted molar refractivity (Wildman–Crippen MR) is 126 cm³/mol. The third-order valence-corrected chi connectivity index (χ3v) is 5.02. The molecule has 0 spiro atoms. The lowest BCUT2D eigenvalue weighted by Crippen LogP contribution is -2.21. The molecule has 0 aromatic heterocycles. The monoisotopic (exact) mass is 417 g/mol. The zero-order valence-corrected chi connectivity index (χ0v) is 18.6. The number of aryl methyl sites for hydroxylation is 2. The van der Waals surface area contributed by atoms with Crippen molar-refractivity contribution in [2.24, 2.45) is 0 Å². The molecule has 0 aliphatic carbocycles. The topological polar surface area (TPSA) is 47.6 Å². The van der Waals surface area contributed by atoms with Crippen LogP contribution in [0.25, 0.3) is 0 Å². The maximum absolute atomic E-state index is 12.5. The first-order valence-corrected chi connectivity index (χ1v) is 10.8. The van der Waals surface area contributed by atoms with Crippen molar-refractivity contribution < 1.29 is 14.3 Å². The van der Waals surface area contributed by atoms with Crippen LogP contribution in [0.3, 0.4) is 0 Å². The van der Waals surface area contributed by atoms with Gasteiger partial charge in [0.1, 0.15) is 11.5 Å². The summed E-state index contributed by atoms with van der Waals surface area (Å²) in [5, 5.41) is 2.91. The fourth-order valence-corrected chi connectivity index (χ4v) is 3.37. The van der Waals surface area contributed by atoms with Crippen LogP contribution < -0.4 is 14.8 Å². The van der Waals surface area contributed by atoms with Gasteiger partial charge in [0.25, 0.3) is 5.91 Å². The molecule has 0 aliphatic heterocycles. The van der Waals surface area contributed by atoms with Crippen LogP contribution in [0.15, 0.2) is 72.8 Å². The lowest BCUT2D eigenvalue weighted by atomic mass is 10.0. The van der Waals surface area contributed by atoms with Gasteiger partial charge in [-0.25, -0.2) is 0 Å². The molecule has 31 heavy (non-hydrogen) atoms. The summed E-state index contributed by atoms with van der Waals surface area (Å²) < 4.78 is 11.8. The molecule has 3 aromatic carbocycles. The summed E-state index contributed by atoms with van der Waals surface area (Å²) in [6.07, 6.45) is 1.86. The van der Waals surface area contributed by atoms with Crippen LogP contribution in [0, 0.1) is 6.92 Å². The highest BCUT2D eigenvalue weighted by molar-refractivity contribution is 5.93. The average Bonchev–Trinajstić information content (AvgIpc) is 2.77. The zero-order chi connectivity index (χ0) is 22.1. The number of hydrogen-bond acceptors (Lipinski definition) is 3. The summed E-state index contributed by atoms with van der Waals surface area (Å²) in [4.78, 5) is 12.5. The lowest BCUT2D eigenvalue weighted by molar-refractivity contribution is -0.118. The predicted octanol–water partition coefficient (Wildman–Crippen LogP) is 6.15. The highest BCUT2D eigenvalue weighted by Crippen LogP contribution is 2.28. The number of benzene rings is 3. The van der Waals surface area contributed by atoms with Gasteiger partial charge in [0.05, 0.1) is 12.3 Å². The van der Waals surface area contributed by atoms with Crippen LogP contribution in [-0.2, 0) is 11.2 Å². The molecule has 4 heteroatoms. The highest BCUT2D eigenvalue weighted by atomic mass is 16.5. The molecule has 0 heterocycles.